The van der Waals surface area contributed by atoms with Gasteiger partial charge in [-0.25, -0.2) is 0 Å². The first kappa shape index (κ1) is 16.6. The zero-order valence-electron chi connectivity index (χ0n) is 12.2. The summed E-state index contributed by atoms with van der Waals surface area (Å²) in [6.07, 6.45) is 1.32. The molecule has 1 heterocycles. The maximum Gasteiger partial charge on any atom is 0.252 e. The van der Waals surface area contributed by atoms with Crippen molar-refractivity contribution in [1.82, 2.24) is 10.6 Å². The van der Waals surface area contributed by atoms with Crippen LogP contribution in [0.15, 0.2) is 18.2 Å². The smallest absolute Gasteiger partial charge is 0.252 e. The minimum atomic E-state index is -0.759. The van der Waals surface area contributed by atoms with Crippen LogP contribution in [0.3, 0.4) is 0 Å². The van der Waals surface area contributed by atoms with Crippen molar-refractivity contribution in [1.29, 1.82) is 0 Å². The van der Waals surface area contributed by atoms with Gasteiger partial charge < -0.3 is 15.4 Å². The Morgan fingerprint density at radius 2 is 2.05 bits per heavy atom. The monoisotopic (exact) mass is 330 g/mol. The second-order valence-electron chi connectivity index (χ2n) is 5.29. The topological polar surface area (TPSA) is 50.4 Å². The van der Waals surface area contributed by atoms with Crippen molar-refractivity contribution in [3.8, 4) is 0 Å². The lowest BCUT2D eigenvalue weighted by Crippen LogP contribution is -2.54. The van der Waals surface area contributed by atoms with E-state index in [0.717, 1.165) is 18.7 Å². The molecule has 0 saturated carbocycles. The quantitative estimate of drug-likeness (QED) is 0.892. The standard InChI is InChI=1S/C15H20Cl2N2O2/c1-10(11-4-3-5-12(16)13(11)17)19-14(20)15(21-2)6-8-18-9-7-15/h3-5,10,18H,6-9H2,1-2H3,(H,19,20). The van der Waals surface area contributed by atoms with Crippen molar-refractivity contribution in [2.24, 2.45) is 0 Å². The summed E-state index contributed by atoms with van der Waals surface area (Å²) in [5.41, 5.74) is 0.0441. The SMILES string of the molecule is COC1(C(=O)NC(C)c2cccc(Cl)c2Cl)CCNCC1. The molecule has 1 aliphatic rings. The van der Waals surface area contributed by atoms with Crippen molar-refractivity contribution >= 4 is 29.1 Å². The molecule has 1 unspecified atom stereocenters. The van der Waals surface area contributed by atoms with Crippen LogP contribution in [0.25, 0.3) is 0 Å². The second kappa shape index (κ2) is 6.97. The van der Waals surface area contributed by atoms with Crippen molar-refractivity contribution in [3.05, 3.63) is 33.8 Å². The number of piperidine rings is 1. The Morgan fingerprint density at radius 3 is 2.67 bits per heavy atom. The molecular formula is C15H20Cl2N2O2. The average molecular weight is 331 g/mol. The van der Waals surface area contributed by atoms with Crippen LogP contribution >= 0.6 is 23.2 Å². The second-order valence-corrected chi connectivity index (χ2v) is 6.07. The van der Waals surface area contributed by atoms with Crippen molar-refractivity contribution < 1.29 is 9.53 Å². The maximum atomic E-state index is 12.6. The summed E-state index contributed by atoms with van der Waals surface area (Å²) < 4.78 is 5.52. The zero-order chi connectivity index (χ0) is 15.5. The summed E-state index contributed by atoms with van der Waals surface area (Å²) in [5, 5.41) is 7.18. The molecule has 1 atom stereocenters. The van der Waals surface area contributed by atoms with Crippen LogP contribution < -0.4 is 10.6 Å². The minimum Gasteiger partial charge on any atom is -0.368 e. The molecule has 116 valence electrons. The molecule has 0 aromatic heterocycles. The lowest BCUT2D eigenvalue weighted by Gasteiger charge is -2.35. The number of hydrogen-bond acceptors (Lipinski definition) is 3. The Kier molecular flexibility index (Phi) is 5.49. The fraction of sp³-hybridized carbons (Fsp3) is 0.533. The fourth-order valence-electron chi connectivity index (χ4n) is 2.62. The van der Waals surface area contributed by atoms with Gasteiger partial charge >= 0.3 is 0 Å². The van der Waals surface area contributed by atoms with E-state index in [-0.39, 0.29) is 11.9 Å². The Hall–Kier alpha value is -0.810. The molecule has 2 rings (SSSR count). The van der Waals surface area contributed by atoms with Crippen molar-refractivity contribution in [2.75, 3.05) is 20.2 Å². The lowest BCUT2D eigenvalue weighted by atomic mass is 9.90. The van der Waals surface area contributed by atoms with Crippen molar-refractivity contribution in [3.63, 3.8) is 0 Å². The van der Waals surface area contributed by atoms with E-state index in [1.165, 1.54) is 0 Å². The summed E-state index contributed by atoms with van der Waals surface area (Å²) in [4.78, 5) is 12.6. The molecule has 21 heavy (non-hydrogen) atoms. The molecule has 1 saturated heterocycles. The van der Waals surface area contributed by atoms with Crippen LogP contribution in [0.5, 0.6) is 0 Å². The number of carbonyl (C=O) groups excluding carboxylic acids is 1. The molecule has 0 radical (unpaired) electrons. The summed E-state index contributed by atoms with van der Waals surface area (Å²) in [5.74, 6) is -0.102. The van der Waals surface area contributed by atoms with Gasteiger partial charge in [-0.05, 0) is 44.5 Å². The number of rotatable bonds is 4. The Balaban J connectivity index is 2.12. The molecular weight excluding hydrogens is 311 g/mol. The summed E-state index contributed by atoms with van der Waals surface area (Å²) in [6.45, 7) is 3.43. The molecule has 1 aliphatic heterocycles. The molecule has 2 N–H and O–H groups in total. The number of hydrogen-bond donors (Lipinski definition) is 2. The average Bonchev–Trinajstić information content (AvgIpc) is 2.50. The van der Waals surface area contributed by atoms with Gasteiger partial charge in [-0.1, -0.05) is 35.3 Å². The largest absolute Gasteiger partial charge is 0.368 e. The molecule has 1 aromatic rings. The number of benzene rings is 1. The van der Waals surface area contributed by atoms with Crippen molar-refractivity contribution in [2.45, 2.75) is 31.4 Å². The Morgan fingerprint density at radius 1 is 1.38 bits per heavy atom. The van der Waals surface area contributed by atoms with E-state index in [1.54, 1.807) is 13.2 Å². The first-order valence-corrected chi connectivity index (χ1v) is 7.76. The van der Waals surface area contributed by atoms with Gasteiger partial charge in [0, 0.05) is 7.11 Å². The van der Waals surface area contributed by atoms with Gasteiger partial charge in [-0.15, -0.1) is 0 Å². The molecule has 0 bridgehead atoms. The van der Waals surface area contributed by atoms with E-state index in [2.05, 4.69) is 10.6 Å². The molecule has 4 nitrogen and oxygen atoms in total. The zero-order valence-corrected chi connectivity index (χ0v) is 13.7. The van der Waals surface area contributed by atoms with Crippen LogP contribution in [0.4, 0.5) is 0 Å². The number of amides is 1. The first-order chi connectivity index (χ1) is 10.00. The van der Waals surface area contributed by atoms with E-state index in [9.17, 15) is 4.79 Å². The third-order valence-electron chi connectivity index (χ3n) is 4.01. The van der Waals surface area contributed by atoms with Crippen LogP contribution in [-0.4, -0.2) is 31.7 Å². The van der Waals surface area contributed by atoms with Crippen LogP contribution in [0, 0.1) is 0 Å². The maximum absolute atomic E-state index is 12.6. The number of halogens is 2. The highest BCUT2D eigenvalue weighted by molar-refractivity contribution is 6.42. The Bertz CT molecular complexity index is 516. The van der Waals surface area contributed by atoms with E-state index >= 15 is 0 Å². The van der Waals surface area contributed by atoms with Gasteiger partial charge in [-0.2, -0.15) is 0 Å². The summed E-state index contributed by atoms with van der Waals surface area (Å²) in [7, 11) is 1.59. The highest BCUT2D eigenvalue weighted by Gasteiger charge is 2.40. The molecule has 6 heteroatoms. The molecule has 0 spiro atoms. The number of carbonyl (C=O) groups is 1. The van der Waals surface area contributed by atoms with E-state index in [1.807, 2.05) is 19.1 Å². The van der Waals surface area contributed by atoms with E-state index < -0.39 is 5.60 Å². The van der Waals surface area contributed by atoms with Gasteiger partial charge in [0.2, 0.25) is 0 Å². The van der Waals surface area contributed by atoms with Gasteiger partial charge in [0.1, 0.15) is 5.60 Å². The van der Waals surface area contributed by atoms with Crippen LogP contribution in [0.2, 0.25) is 10.0 Å². The molecule has 1 aromatic carbocycles. The first-order valence-electron chi connectivity index (χ1n) is 7.01. The van der Waals surface area contributed by atoms with Gasteiger partial charge in [0.05, 0.1) is 16.1 Å². The number of methoxy groups -OCH3 is 1. The normalized spacial score (nSPS) is 19.0. The van der Waals surface area contributed by atoms with E-state index in [0.29, 0.717) is 22.9 Å². The van der Waals surface area contributed by atoms with Gasteiger partial charge in [-0.3, -0.25) is 4.79 Å². The lowest BCUT2D eigenvalue weighted by molar-refractivity contribution is -0.147. The fourth-order valence-corrected chi connectivity index (χ4v) is 3.09. The summed E-state index contributed by atoms with van der Waals surface area (Å²) in [6, 6.07) is 5.18. The predicted octanol–water partition coefficient (Wildman–Crippen LogP) is 2.94. The Labute approximate surface area is 135 Å². The number of ether oxygens (including phenoxy) is 1. The number of nitrogens with one attached hydrogen (secondary N) is 2. The highest BCUT2D eigenvalue weighted by atomic mass is 35.5. The van der Waals surface area contributed by atoms with Crippen LogP contribution in [0.1, 0.15) is 31.4 Å². The van der Waals surface area contributed by atoms with Gasteiger partial charge in [0.25, 0.3) is 5.91 Å². The van der Waals surface area contributed by atoms with Crippen LogP contribution in [-0.2, 0) is 9.53 Å². The summed E-state index contributed by atoms with van der Waals surface area (Å²) >= 11 is 12.2. The highest BCUT2D eigenvalue weighted by Crippen LogP contribution is 2.31. The third kappa shape index (κ3) is 3.51. The molecule has 0 aliphatic carbocycles. The molecule has 1 amide bonds. The van der Waals surface area contributed by atoms with E-state index in [4.69, 9.17) is 27.9 Å². The minimum absolute atomic E-state index is 0.102. The van der Waals surface area contributed by atoms with Gasteiger partial charge in [0.15, 0.2) is 0 Å². The predicted molar refractivity (Wildman–Crippen MR) is 84.9 cm³/mol. The third-order valence-corrected chi connectivity index (χ3v) is 4.84. The molecule has 1 fully saturated rings.